The lowest BCUT2D eigenvalue weighted by atomic mass is 10.0. The van der Waals surface area contributed by atoms with E-state index in [4.69, 9.17) is 9.47 Å². The molecule has 8 heteroatoms. The summed E-state index contributed by atoms with van der Waals surface area (Å²) in [4.78, 5) is 20.8. The average molecular weight is 374 g/mol. The summed E-state index contributed by atoms with van der Waals surface area (Å²) in [5.74, 6) is 1.53. The molecule has 1 saturated heterocycles. The fourth-order valence-electron chi connectivity index (χ4n) is 3.34. The van der Waals surface area contributed by atoms with Crippen molar-refractivity contribution in [1.29, 1.82) is 0 Å². The number of hydrogen-bond acceptors (Lipinski definition) is 7. The third-order valence-corrected chi connectivity index (χ3v) is 4.65. The highest BCUT2D eigenvalue weighted by atomic mass is 16.5. The van der Waals surface area contributed by atoms with Crippen molar-refractivity contribution in [3.8, 4) is 17.4 Å². The molecule has 0 amide bonds. The Morgan fingerprint density at radius 1 is 1.30 bits per heavy atom. The number of rotatable bonds is 7. The van der Waals surface area contributed by atoms with Crippen LogP contribution in [0.15, 0.2) is 29.1 Å². The molecule has 0 bridgehead atoms. The number of aromatic amines is 1. The molecule has 3 rings (SSSR count). The van der Waals surface area contributed by atoms with E-state index >= 15 is 0 Å². The SMILES string of the molecule is CCOc1cc(CN(c2cc(OC)nc(=O)[nH]2)C2CCNCC2)ccc1O. The number of H-pyrrole nitrogens is 1. The summed E-state index contributed by atoms with van der Waals surface area (Å²) in [6.45, 7) is 4.76. The molecule has 8 nitrogen and oxygen atoms in total. The highest BCUT2D eigenvalue weighted by Crippen LogP contribution is 2.29. The highest BCUT2D eigenvalue weighted by Gasteiger charge is 2.23. The van der Waals surface area contributed by atoms with Gasteiger partial charge in [0.1, 0.15) is 5.82 Å². The number of phenolic OH excluding ortho intramolecular Hbond substituents is 1. The van der Waals surface area contributed by atoms with Crippen molar-refractivity contribution < 1.29 is 14.6 Å². The lowest BCUT2D eigenvalue weighted by Gasteiger charge is -2.36. The van der Waals surface area contributed by atoms with Gasteiger partial charge in [-0.05, 0) is 50.6 Å². The van der Waals surface area contributed by atoms with Crippen LogP contribution in [0.1, 0.15) is 25.3 Å². The number of ether oxygens (including phenoxy) is 2. The van der Waals surface area contributed by atoms with E-state index in [0.717, 1.165) is 31.5 Å². The summed E-state index contributed by atoms with van der Waals surface area (Å²) in [6.07, 6.45) is 1.92. The number of nitrogens with zero attached hydrogens (tertiary/aromatic N) is 2. The lowest BCUT2D eigenvalue weighted by molar-refractivity contribution is 0.317. The molecule has 2 heterocycles. The molecular weight excluding hydrogens is 348 g/mol. The van der Waals surface area contributed by atoms with Crippen LogP contribution in [0.2, 0.25) is 0 Å². The van der Waals surface area contributed by atoms with Crippen LogP contribution in [0.25, 0.3) is 0 Å². The van der Waals surface area contributed by atoms with Gasteiger partial charge in [-0.3, -0.25) is 4.98 Å². The fraction of sp³-hybridized carbons (Fsp3) is 0.474. The Bertz CT molecular complexity index is 818. The Balaban J connectivity index is 1.94. The van der Waals surface area contributed by atoms with Gasteiger partial charge in [-0.15, -0.1) is 0 Å². The highest BCUT2D eigenvalue weighted by molar-refractivity contribution is 5.46. The number of aromatic nitrogens is 2. The number of aromatic hydroxyl groups is 1. The molecule has 1 fully saturated rings. The van der Waals surface area contributed by atoms with E-state index in [1.807, 2.05) is 19.1 Å². The molecule has 1 aliphatic heterocycles. The molecular formula is C19H26N4O4. The van der Waals surface area contributed by atoms with Gasteiger partial charge in [-0.1, -0.05) is 6.07 Å². The number of nitrogens with one attached hydrogen (secondary N) is 2. The molecule has 27 heavy (non-hydrogen) atoms. The molecule has 0 radical (unpaired) electrons. The van der Waals surface area contributed by atoms with E-state index in [1.54, 1.807) is 12.1 Å². The van der Waals surface area contributed by atoms with E-state index in [9.17, 15) is 9.90 Å². The van der Waals surface area contributed by atoms with Gasteiger partial charge in [-0.2, -0.15) is 4.98 Å². The van der Waals surface area contributed by atoms with Gasteiger partial charge in [-0.25, -0.2) is 4.79 Å². The van der Waals surface area contributed by atoms with Crippen LogP contribution < -0.4 is 25.4 Å². The molecule has 0 saturated carbocycles. The monoisotopic (exact) mass is 374 g/mol. The van der Waals surface area contributed by atoms with Crippen molar-refractivity contribution in [2.24, 2.45) is 0 Å². The van der Waals surface area contributed by atoms with Crippen LogP contribution in [-0.4, -0.2) is 47.9 Å². The van der Waals surface area contributed by atoms with Gasteiger partial charge in [0.05, 0.1) is 13.7 Å². The number of benzene rings is 1. The van der Waals surface area contributed by atoms with Crippen molar-refractivity contribution in [2.45, 2.75) is 32.4 Å². The second-order valence-corrected chi connectivity index (χ2v) is 6.46. The summed E-state index contributed by atoms with van der Waals surface area (Å²) in [7, 11) is 1.49. The van der Waals surface area contributed by atoms with E-state index in [1.165, 1.54) is 7.11 Å². The number of phenols is 1. The first kappa shape index (κ1) is 19.0. The zero-order valence-corrected chi connectivity index (χ0v) is 15.7. The van der Waals surface area contributed by atoms with E-state index in [2.05, 4.69) is 20.2 Å². The third-order valence-electron chi connectivity index (χ3n) is 4.65. The minimum atomic E-state index is -0.441. The molecule has 3 N–H and O–H groups in total. The zero-order chi connectivity index (χ0) is 19.2. The first-order valence-corrected chi connectivity index (χ1v) is 9.18. The summed E-state index contributed by atoms with van der Waals surface area (Å²) in [6, 6.07) is 7.34. The van der Waals surface area contributed by atoms with Crippen LogP contribution in [0.5, 0.6) is 17.4 Å². The van der Waals surface area contributed by atoms with E-state index in [0.29, 0.717) is 24.7 Å². The molecule has 0 aliphatic carbocycles. The van der Waals surface area contributed by atoms with Crippen molar-refractivity contribution in [3.05, 3.63) is 40.3 Å². The minimum Gasteiger partial charge on any atom is -0.504 e. The molecule has 0 unspecified atom stereocenters. The van der Waals surface area contributed by atoms with Gasteiger partial charge in [0.25, 0.3) is 0 Å². The van der Waals surface area contributed by atoms with Crippen molar-refractivity contribution in [1.82, 2.24) is 15.3 Å². The van der Waals surface area contributed by atoms with Gasteiger partial charge in [0, 0.05) is 18.7 Å². The molecule has 146 valence electrons. The second kappa shape index (κ2) is 8.77. The minimum absolute atomic E-state index is 0.119. The number of hydrogen-bond donors (Lipinski definition) is 3. The Morgan fingerprint density at radius 3 is 2.78 bits per heavy atom. The predicted molar refractivity (Wildman–Crippen MR) is 103 cm³/mol. The number of anilines is 1. The number of piperidine rings is 1. The summed E-state index contributed by atoms with van der Waals surface area (Å²) in [5.41, 5.74) is 0.537. The maximum absolute atomic E-state index is 12.0. The summed E-state index contributed by atoms with van der Waals surface area (Å²) < 4.78 is 10.7. The predicted octanol–water partition coefficient (Wildman–Crippen LogP) is 1.64. The van der Waals surface area contributed by atoms with Gasteiger partial charge >= 0.3 is 5.69 Å². The maximum Gasteiger partial charge on any atom is 0.349 e. The van der Waals surface area contributed by atoms with Crippen LogP contribution in [0, 0.1) is 0 Å². The van der Waals surface area contributed by atoms with Gasteiger partial charge in [0.2, 0.25) is 5.88 Å². The van der Waals surface area contributed by atoms with Gasteiger partial charge < -0.3 is 24.8 Å². The summed E-state index contributed by atoms with van der Waals surface area (Å²) >= 11 is 0. The van der Waals surface area contributed by atoms with Crippen LogP contribution >= 0.6 is 0 Å². The van der Waals surface area contributed by atoms with Gasteiger partial charge in [0.15, 0.2) is 11.5 Å². The molecule has 1 aromatic carbocycles. The van der Waals surface area contributed by atoms with E-state index < -0.39 is 5.69 Å². The van der Waals surface area contributed by atoms with Crippen molar-refractivity contribution >= 4 is 5.82 Å². The molecule has 0 atom stereocenters. The second-order valence-electron chi connectivity index (χ2n) is 6.46. The average Bonchev–Trinajstić information content (AvgIpc) is 2.68. The standard InChI is InChI=1S/C19H26N4O4/c1-3-27-16-10-13(4-5-15(16)24)12-23(14-6-8-20-9-7-14)17-11-18(26-2)22-19(25)21-17/h4-5,10-11,14,20,24H,3,6-9,12H2,1-2H3,(H,21,22,25). The third kappa shape index (κ3) is 4.71. The first-order chi connectivity index (χ1) is 13.1. The topological polar surface area (TPSA) is 99.7 Å². The maximum atomic E-state index is 12.0. The fourth-order valence-corrected chi connectivity index (χ4v) is 3.34. The van der Waals surface area contributed by atoms with Crippen molar-refractivity contribution in [3.63, 3.8) is 0 Å². The van der Waals surface area contributed by atoms with Crippen LogP contribution in [0.3, 0.4) is 0 Å². The van der Waals surface area contributed by atoms with E-state index in [-0.39, 0.29) is 17.7 Å². The molecule has 1 aromatic heterocycles. The summed E-state index contributed by atoms with van der Waals surface area (Å²) in [5, 5.41) is 13.3. The molecule has 0 spiro atoms. The zero-order valence-electron chi connectivity index (χ0n) is 15.7. The van der Waals surface area contributed by atoms with Crippen molar-refractivity contribution in [2.75, 3.05) is 31.7 Å². The Kier molecular flexibility index (Phi) is 6.18. The van der Waals surface area contributed by atoms with Crippen LogP contribution in [0.4, 0.5) is 5.82 Å². The Hall–Kier alpha value is -2.74. The largest absolute Gasteiger partial charge is 0.504 e. The Labute approximate surface area is 158 Å². The number of methoxy groups -OCH3 is 1. The Morgan fingerprint density at radius 2 is 2.07 bits per heavy atom. The first-order valence-electron chi connectivity index (χ1n) is 9.18. The normalized spacial score (nSPS) is 14.7. The lowest BCUT2D eigenvalue weighted by Crippen LogP contribution is -2.43. The van der Waals surface area contributed by atoms with Crippen LogP contribution in [-0.2, 0) is 6.54 Å². The molecule has 2 aromatic rings. The smallest absolute Gasteiger partial charge is 0.349 e. The quantitative estimate of drug-likeness (QED) is 0.677. The molecule has 1 aliphatic rings.